The molecule has 0 spiro atoms. The molecule has 1 aromatic carbocycles. The molecule has 0 aliphatic carbocycles. The number of carbonyl (C=O) groups excluding carboxylic acids is 1. The first kappa shape index (κ1) is 25.3. The molecule has 39 heavy (non-hydrogen) atoms. The van der Waals surface area contributed by atoms with Crippen molar-refractivity contribution in [2.45, 2.75) is 25.0 Å². The van der Waals surface area contributed by atoms with Gasteiger partial charge in [0.2, 0.25) is 5.88 Å². The highest BCUT2D eigenvalue weighted by atomic mass is 19.3. The van der Waals surface area contributed by atoms with E-state index >= 15 is 4.39 Å². The van der Waals surface area contributed by atoms with Gasteiger partial charge in [0.1, 0.15) is 11.9 Å². The van der Waals surface area contributed by atoms with Crippen LogP contribution in [0.1, 0.15) is 34.8 Å². The third kappa shape index (κ3) is 4.61. The molecule has 0 saturated carbocycles. The number of halogens is 3. The van der Waals surface area contributed by atoms with Crippen LogP contribution in [0.25, 0.3) is 27.9 Å². The molecule has 204 valence electrons. The lowest BCUT2D eigenvalue weighted by Crippen LogP contribution is -2.45. The summed E-state index contributed by atoms with van der Waals surface area (Å²) in [7, 11) is 3.41. The Kier molecular flexibility index (Phi) is 6.47. The Labute approximate surface area is 221 Å². The topological polar surface area (TPSA) is 98.8 Å². The van der Waals surface area contributed by atoms with Crippen molar-refractivity contribution in [2.24, 2.45) is 0 Å². The van der Waals surface area contributed by atoms with Crippen LogP contribution in [0.15, 0.2) is 36.9 Å². The number of nitrogens with zero attached hydrogens (tertiary/aromatic N) is 6. The molecule has 13 heteroatoms. The van der Waals surface area contributed by atoms with Crippen LogP contribution in [-0.4, -0.2) is 81.7 Å². The Balaban J connectivity index is 1.48. The summed E-state index contributed by atoms with van der Waals surface area (Å²) in [6.07, 6.45) is 3.99. The number of benzene rings is 1. The zero-order valence-corrected chi connectivity index (χ0v) is 21.3. The minimum absolute atomic E-state index is 0.103. The zero-order chi connectivity index (χ0) is 27.3. The number of ether oxygens (including phenoxy) is 2. The molecule has 2 aliphatic rings. The standard InChI is InChI=1S/C26H26F3N7O3/c1-30-25(37)14-5-18(22(27)19(6-14)23(28)29)20-8-32-36-12-21(15-7-31-35(9-15)16-10-34(2)11-16)26(33-24(20)36)39-17-3-4-38-13-17/h5-9,12,16-17,23H,3-4,10-11,13H2,1-2H3,(H,30,37)/t17-/m0/s1. The van der Waals surface area contributed by atoms with Crippen LogP contribution in [0.3, 0.4) is 0 Å². The number of nitrogens with one attached hydrogen (secondary N) is 1. The fourth-order valence-corrected chi connectivity index (χ4v) is 4.92. The number of fused-ring (bicyclic) bond motifs is 1. The van der Waals surface area contributed by atoms with Gasteiger partial charge >= 0.3 is 0 Å². The molecule has 1 atom stereocenters. The maximum atomic E-state index is 15.3. The lowest BCUT2D eigenvalue weighted by Gasteiger charge is -2.36. The van der Waals surface area contributed by atoms with E-state index in [0.29, 0.717) is 25.2 Å². The normalized spacial score (nSPS) is 18.2. The highest BCUT2D eigenvalue weighted by Gasteiger charge is 2.28. The second kappa shape index (κ2) is 9.97. The zero-order valence-electron chi connectivity index (χ0n) is 21.3. The highest BCUT2D eigenvalue weighted by Crippen LogP contribution is 2.37. The van der Waals surface area contributed by atoms with Crippen molar-refractivity contribution in [2.75, 3.05) is 40.4 Å². The van der Waals surface area contributed by atoms with Crippen molar-refractivity contribution in [1.82, 2.24) is 34.6 Å². The molecular weight excluding hydrogens is 515 g/mol. The quantitative estimate of drug-likeness (QED) is 0.383. The Hall–Kier alpha value is -3.97. The van der Waals surface area contributed by atoms with Gasteiger partial charge in [-0.05, 0) is 19.2 Å². The van der Waals surface area contributed by atoms with Gasteiger partial charge in [-0.25, -0.2) is 17.7 Å². The maximum absolute atomic E-state index is 15.3. The molecule has 4 aromatic rings. The van der Waals surface area contributed by atoms with Crippen LogP contribution >= 0.6 is 0 Å². The van der Waals surface area contributed by atoms with E-state index in [1.807, 2.05) is 17.9 Å². The van der Waals surface area contributed by atoms with E-state index in [0.717, 1.165) is 24.7 Å². The monoisotopic (exact) mass is 541 g/mol. The molecule has 2 aliphatic heterocycles. The van der Waals surface area contributed by atoms with Crippen molar-refractivity contribution in [1.29, 1.82) is 0 Å². The summed E-state index contributed by atoms with van der Waals surface area (Å²) in [5.74, 6) is -1.50. The summed E-state index contributed by atoms with van der Waals surface area (Å²) in [6.45, 7) is 2.74. The van der Waals surface area contributed by atoms with Crippen LogP contribution in [0, 0.1) is 5.82 Å². The lowest BCUT2D eigenvalue weighted by molar-refractivity contribution is 0.0962. The summed E-state index contributed by atoms with van der Waals surface area (Å²) >= 11 is 0. The summed E-state index contributed by atoms with van der Waals surface area (Å²) in [5, 5.41) is 11.2. The van der Waals surface area contributed by atoms with Gasteiger partial charge in [-0.3, -0.25) is 9.48 Å². The molecule has 1 N–H and O–H groups in total. The molecule has 1 amide bonds. The summed E-state index contributed by atoms with van der Waals surface area (Å²) in [5.41, 5.74) is 0.526. The van der Waals surface area contributed by atoms with Gasteiger partial charge in [-0.1, -0.05) is 0 Å². The Morgan fingerprint density at radius 1 is 1.15 bits per heavy atom. The molecule has 0 unspecified atom stereocenters. The number of alkyl halides is 2. The number of rotatable bonds is 7. The van der Waals surface area contributed by atoms with E-state index in [4.69, 9.17) is 9.47 Å². The van der Waals surface area contributed by atoms with Gasteiger partial charge in [0.05, 0.1) is 42.8 Å². The Bertz CT molecular complexity index is 1540. The minimum atomic E-state index is -3.12. The number of hydrogen-bond acceptors (Lipinski definition) is 7. The molecule has 2 fully saturated rings. The van der Waals surface area contributed by atoms with Gasteiger partial charge in [0, 0.05) is 61.2 Å². The average molecular weight is 542 g/mol. The van der Waals surface area contributed by atoms with E-state index in [9.17, 15) is 13.6 Å². The van der Waals surface area contributed by atoms with Crippen LogP contribution in [0.2, 0.25) is 0 Å². The Morgan fingerprint density at radius 2 is 1.97 bits per heavy atom. The van der Waals surface area contributed by atoms with E-state index in [2.05, 4.69) is 25.4 Å². The number of carbonyl (C=O) groups is 1. The predicted molar refractivity (Wildman–Crippen MR) is 134 cm³/mol. The summed E-state index contributed by atoms with van der Waals surface area (Å²) in [4.78, 5) is 19.1. The Morgan fingerprint density at radius 3 is 2.67 bits per heavy atom. The van der Waals surface area contributed by atoms with Crippen LogP contribution in [-0.2, 0) is 4.74 Å². The van der Waals surface area contributed by atoms with Crippen molar-refractivity contribution >= 4 is 11.6 Å². The molecule has 10 nitrogen and oxygen atoms in total. The number of aromatic nitrogens is 5. The van der Waals surface area contributed by atoms with E-state index in [1.54, 1.807) is 12.4 Å². The van der Waals surface area contributed by atoms with Gasteiger partial charge < -0.3 is 19.7 Å². The van der Waals surface area contributed by atoms with Gasteiger partial charge in [0.25, 0.3) is 12.3 Å². The molecular formula is C26H26F3N7O3. The second-order valence-electron chi connectivity index (χ2n) is 9.78. The van der Waals surface area contributed by atoms with E-state index in [-0.39, 0.29) is 40.4 Å². The molecule has 5 heterocycles. The maximum Gasteiger partial charge on any atom is 0.266 e. The summed E-state index contributed by atoms with van der Waals surface area (Å²) in [6, 6.07) is 2.34. The van der Waals surface area contributed by atoms with Crippen molar-refractivity contribution < 1.29 is 27.4 Å². The number of likely N-dealkylation sites (tertiary alicyclic amines) is 1. The fraction of sp³-hybridized carbons (Fsp3) is 0.385. The van der Waals surface area contributed by atoms with Gasteiger partial charge in [-0.15, -0.1) is 0 Å². The summed E-state index contributed by atoms with van der Waals surface area (Å²) < 4.78 is 57.8. The minimum Gasteiger partial charge on any atom is -0.471 e. The SMILES string of the molecule is CNC(=O)c1cc(-c2cnn3cc(-c4cnn(C5CN(C)C5)c4)c(O[C@H]4CCOC4)nc23)c(F)c(C(F)F)c1. The first-order chi connectivity index (χ1) is 18.8. The third-order valence-electron chi connectivity index (χ3n) is 7.07. The molecule has 6 rings (SSSR count). The average Bonchev–Trinajstić information content (AvgIpc) is 3.67. The van der Waals surface area contributed by atoms with Crippen molar-refractivity contribution in [3.8, 4) is 28.1 Å². The molecule has 0 radical (unpaired) electrons. The van der Waals surface area contributed by atoms with E-state index < -0.39 is 23.7 Å². The van der Waals surface area contributed by atoms with Gasteiger partial charge in [-0.2, -0.15) is 15.2 Å². The van der Waals surface area contributed by atoms with Crippen molar-refractivity contribution in [3.05, 3.63) is 53.9 Å². The third-order valence-corrected chi connectivity index (χ3v) is 7.07. The molecule has 0 bridgehead atoms. The van der Waals surface area contributed by atoms with Crippen molar-refractivity contribution in [3.63, 3.8) is 0 Å². The molecule has 3 aromatic heterocycles. The largest absolute Gasteiger partial charge is 0.471 e. The van der Waals surface area contributed by atoms with Crippen LogP contribution in [0.4, 0.5) is 13.2 Å². The number of amides is 1. The first-order valence-corrected chi connectivity index (χ1v) is 12.5. The molecule has 2 saturated heterocycles. The van der Waals surface area contributed by atoms with E-state index in [1.165, 1.54) is 23.8 Å². The second-order valence-corrected chi connectivity index (χ2v) is 9.78. The number of likely N-dealkylation sites (N-methyl/N-ethyl adjacent to an activating group) is 1. The fourth-order valence-electron chi connectivity index (χ4n) is 4.92. The van der Waals surface area contributed by atoms with Crippen LogP contribution < -0.4 is 10.1 Å². The lowest BCUT2D eigenvalue weighted by atomic mass is 10.00. The predicted octanol–water partition coefficient (Wildman–Crippen LogP) is 3.35. The number of hydrogen-bond donors (Lipinski definition) is 1. The smallest absolute Gasteiger partial charge is 0.266 e. The highest BCUT2D eigenvalue weighted by molar-refractivity contribution is 5.96. The van der Waals surface area contributed by atoms with Crippen LogP contribution in [0.5, 0.6) is 5.88 Å². The van der Waals surface area contributed by atoms with Gasteiger partial charge in [0.15, 0.2) is 5.65 Å². The first-order valence-electron chi connectivity index (χ1n) is 12.5.